The molecule has 0 radical (unpaired) electrons. The van der Waals surface area contributed by atoms with Crippen LogP contribution in [0.1, 0.15) is 40.5 Å². The number of ether oxygens (including phenoxy) is 1. The van der Waals surface area contributed by atoms with Crippen LogP contribution in [0.15, 0.2) is 24.3 Å². The maximum atomic E-state index is 12.1. The van der Waals surface area contributed by atoms with Crippen LogP contribution in [0.25, 0.3) is 0 Å². The van der Waals surface area contributed by atoms with Gasteiger partial charge < -0.3 is 9.84 Å². The number of amides is 1. The van der Waals surface area contributed by atoms with Crippen LogP contribution in [0.2, 0.25) is 0 Å². The Hall–Kier alpha value is -1.89. The van der Waals surface area contributed by atoms with E-state index in [1.54, 1.807) is 13.8 Å². The highest BCUT2D eigenvalue weighted by Crippen LogP contribution is 2.39. The first-order valence-corrected chi connectivity index (χ1v) is 6.52. The molecule has 2 atom stereocenters. The van der Waals surface area contributed by atoms with Gasteiger partial charge in [0.05, 0.1) is 0 Å². The molecule has 0 aromatic carbocycles. The first-order valence-electron chi connectivity index (χ1n) is 6.52. The van der Waals surface area contributed by atoms with E-state index in [0.29, 0.717) is 6.42 Å². The number of aromatic nitrogens is 3. The first-order chi connectivity index (χ1) is 9.28. The zero-order valence-electron chi connectivity index (χ0n) is 12.2. The fourth-order valence-corrected chi connectivity index (χ4v) is 2.28. The molecule has 1 aromatic rings. The van der Waals surface area contributed by atoms with Gasteiger partial charge in [-0.1, -0.05) is 11.6 Å². The van der Waals surface area contributed by atoms with E-state index in [9.17, 15) is 9.90 Å². The van der Waals surface area contributed by atoms with E-state index in [0.717, 1.165) is 11.4 Å². The lowest BCUT2D eigenvalue weighted by Gasteiger charge is -2.36. The lowest BCUT2D eigenvalue weighted by Crippen LogP contribution is -2.58. The molecule has 1 N–H and O–H groups in total. The summed E-state index contributed by atoms with van der Waals surface area (Å²) in [6.45, 7) is 7.30. The maximum absolute atomic E-state index is 12.1. The van der Waals surface area contributed by atoms with E-state index in [-0.39, 0.29) is 0 Å². The van der Waals surface area contributed by atoms with Gasteiger partial charge in [-0.05, 0) is 40.5 Å². The SMILES string of the molecule is CC(C)=CCC[C@]1(C)OC(=O)N(n2cnnc2)[C@@]1(C)O. The second-order valence-corrected chi connectivity index (χ2v) is 5.59. The first kappa shape index (κ1) is 14.5. The molecule has 1 saturated heterocycles. The quantitative estimate of drug-likeness (QED) is 0.847. The van der Waals surface area contributed by atoms with Gasteiger partial charge in [0.1, 0.15) is 12.7 Å². The summed E-state index contributed by atoms with van der Waals surface area (Å²) in [7, 11) is 0. The van der Waals surface area contributed by atoms with Gasteiger partial charge >= 0.3 is 6.09 Å². The van der Waals surface area contributed by atoms with E-state index in [4.69, 9.17) is 4.74 Å². The number of cyclic esters (lactones) is 1. The normalized spacial score (nSPS) is 29.4. The Morgan fingerprint density at radius 3 is 2.55 bits per heavy atom. The predicted molar refractivity (Wildman–Crippen MR) is 72.4 cm³/mol. The summed E-state index contributed by atoms with van der Waals surface area (Å²) >= 11 is 0. The average molecular weight is 280 g/mol. The van der Waals surface area contributed by atoms with Crippen LogP contribution in [-0.4, -0.2) is 37.4 Å². The molecule has 0 saturated carbocycles. The molecule has 2 rings (SSSR count). The van der Waals surface area contributed by atoms with Gasteiger partial charge in [0.15, 0.2) is 5.60 Å². The van der Waals surface area contributed by atoms with Crippen LogP contribution in [0.3, 0.4) is 0 Å². The Kier molecular flexibility index (Phi) is 3.56. The van der Waals surface area contributed by atoms with Gasteiger partial charge in [0.25, 0.3) is 0 Å². The van der Waals surface area contributed by atoms with Crippen LogP contribution >= 0.6 is 0 Å². The average Bonchev–Trinajstić information content (AvgIpc) is 2.85. The second kappa shape index (κ2) is 4.90. The van der Waals surface area contributed by atoms with Crippen molar-refractivity contribution in [1.82, 2.24) is 14.9 Å². The number of allylic oxidation sites excluding steroid dienone is 2. The molecule has 0 spiro atoms. The van der Waals surface area contributed by atoms with Crippen molar-refractivity contribution >= 4 is 6.09 Å². The lowest BCUT2D eigenvalue weighted by molar-refractivity contribution is -0.0941. The summed E-state index contributed by atoms with van der Waals surface area (Å²) in [4.78, 5) is 12.1. The zero-order chi connectivity index (χ0) is 15.0. The van der Waals surface area contributed by atoms with Crippen LogP contribution in [0.4, 0.5) is 4.79 Å². The zero-order valence-corrected chi connectivity index (χ0v) is 12.2. The molecule has 1 aliphatic heterocycles. The predicted octanol–water partition coefficient (Wildman–Crippen LogP) is 1.58. The molecular formula is C13H20N4O3. The number of aliphatic hydroxyl groups is 1. The number of rotatable bonds is 4. The van der Waals surface area contributed by atoms with Gasteiger partial charge in [-0.3, -0.25) is 0 Å². The number of nitrogens with zero attached hydrogens (tertiary/aromatic N) is 4. The molecule has 110 valence electrons. The Morgan fingerprint density at radius 2 is 2.00 bits per heavy atom. The summed E-state index contributed by atoms with van der Waals surface area (Å²) in [5, 5.41) is 19.2. The summed E-state index contributed by atoms with van der Waals surface area (Å²) in [5.74, 6) is 0. The fourth-order valence-electron chi connectivity index (χ4n) is 2.28. The number of carbonyl (C=O) groups excluding carboxylic acids is 1. The third-order valence-electron chi connectivity index (χ3n) is 3.71. The van der Waals surface area contributed by atoms with Crippen LogP contribution in [-0.2, 0) is 4.74 Å². The van der Waals surface area contributed by atoms with E-state index >= 15 is 0 Å². The van der Waals surface area contributed by atoms with Crippen molar-refractivity contribution in [2.75, 3.05) is 5.01 Å². The molecule has 1 aromatic heterocycles. The summed E-state index contributed by atoms with van der Waals surface area (Å²) in [5.41, 5.74) is -1.30. The molecule has 7 heteroatoms. The Bertz CT molecular complexity index is 520. The van der Waals surface area contributed by atoms with Gasteiger partial charge in [0.2, 0.25) is 5.72 Å². The molecule has 2 heterocycles. The van der Waals surface area contributed by atoms with Crippen molar-refractivity contribution in [3.05, 3.63) is 24.3 Å². The number of carbonyl (C=O) groups is 1. The summed E-state index contributed by atoms with van der Waals surface area (Å²) in [6, 6.07) is 0. The lowest BCUT2D eigenvalue weighted by atomic mass is 9.89. The van der Waals surface area contributed by atoms with Crippen molar-refractivity contribution in [1.29, 1.82) is 0 Å². The minimum absolute atomic E-state index is 0.523. The van der Waals surface area contributed by atoms with Crippen molar-refractivity contribution < 1.29 is 14.6 Å². The van der Waals surface area contributed by atoms with Crippen LogP contribution in [0.5, 0.6) is 0 Å². The monoisotopic (exact) mass is 280 g/mol. The van der Waals surface area contributed by atoms with Gasteiger partial charge in [-0.25, -0.2) is 9.47 Å². The molecule has 0 aliphatic carbocycles. The molecule has 0 unspecified atom stereocenters. The highest BCUT2D eigenvalue weighted by atomic mass is 16.6. The molecule has 20 heavy (non-hydrogen) atoms. The van der Waals surface area contributed by atoms with Crippen LogP contribution in [0, 0.1) is 0 Å². The third-order valence-corrected chi connectivity index (χ3v) is 3.71. The summed E-state index contributed by atoms with van der Waals surface area (Å²) in [6.07, 6.45) is 5.37. The van der Waals surface area contributed by atoms with E-state index in [1.165, 1.54) is 22.9 Å². The standard InChI is InChI=1S/C13H20N4O3/c1-10(2)6-5-7-12(3)13(4,19)17(11(18)20-12)16-8-14-15-9-16/h6,8-9,19H,5,7H2,1-4H3/t12-,13-/m0/s1. The van der Waals surface area contributed by atoms with E-state index in [2.05, 4.69) is 16.3 Å². The van der Waals surface area contributed by atoms with Crippen molar-refractivity contribution in [3.8, 4) is 0 Å². The highest BCUT2D eigenvalue weighted by molar-refractivity contribution is 5.83. The number of hydrogen-bond acceptors (Lipinski definition) is 5. The second-order valence-electron chi connectivity index (χ2n) is 5.59. The van der Waals surface area contributed by atoms with Gasteiger partial charge in [0, 0.05) is 0 Å². The Balaban J connectivity index is 2.24. The van der Waals surface area contributed by atoms with Gasteiger partial charge in [-0.2, -0.15) is 5.01 Å². The van der Waals surface area contributed by atoms with E-state index in [1.807, 2.05) is 13.8 Å². The molecule has 0 bridgehead atoms. The Morgan fingerprint density at radius 1 is 1.40 bits per heavy atom. The maximum Gasteiger partial charge on any atom is 0.432 e. The molecule has 1 amide bonds. The van der Waals surface area contributed by atoms with Gasteiger partial charge in [-0.15, -0.1) is 10.2 Å². The number of hydrogen-bond donors (Lipinski definition) is 1. The molecular weight excluding hydrogens is 260 g/mol. The highest BCUT2D eigenvalue weighted by Gasteiger charge is 2.60. The van der Waals surface area contributed by atoms with Crippen molar-refractivity contribution in [3.63, 3.8) is 0 Å². The minimum atomic E-state index is -1.48. The smallest absolute Gasteiger partial charge is 0.432 e. The van der Waals surface area contributed by atoms with E-state index < -0.39 is 17.4 Å². The fraction of sp³-hybridized carbons (Fsp3) is 0.615. The molecule has 1 aliphatic rings. The van der Waals surface area contributed by atoms with Crippen LogP contribution < -0.4 is 5.01 Å². The van der Waals surface area contributed by atoms with Crippen molar-refractivity contribution in [2.45, 2.75) is 51.9 Å². The molecule has 1 fully saturated rings. The molecule has 7 nitrogen and oxygen atoms in total. The van der Waals surface area contributed by atoms with Crippen molar-refractivity contribution in [2.24, 2.45) is 0 Å². The largest absolute Gasteiger partial charge is 0.437 e. The third kappa shape index (κ3) is 2.29. The Labute approximate surface area is 117 Å². The summed E-state index contributed by atoms with van der Waals surface area (Å²) < 4.78 is 6.74. The topological polar surface area (TPSA) is 80.5 Å². The minimum Gasteiger partial charge on any atom is -0.437 e.